The summed E-state index contributed by atoms with van der Waals surface area (Å²) in [6.07, 6.45) is 0. The van der Waals surface area contributed by atoms with Crippen molar-refractivity contribution in [3.05, 3.63) is 63.5 Å². The summed E-state index contributed by atoms with van der Waals surface area (Å²) in [5, 5.41) is 11.6. The lowest BCUT2D eigenvalue weighted by Gasteiger charge is -2.22. The maximum atomic E-state index is 14.1. The molecule has 0 unspecified atom stereocenters. The third kappa shape index (κ3) is 4.69. The van der Waals surface area contributed by atoms with E-state index in [-0.39, 0.29) is 29.2 Å². The summed E-state index contributed by atoms with van der Waals surface area (Å²) in [7, 11) is 3.75. The number of carbonyl (C=O) groups excluding carboxylic acids is 1. The van der Waals surface area contributed by atoms with Crippen LogP contribution in [0.3, 0.4) is 0 Å². The SMILES string of the molecule is Cc1c(C(=O)N(CCN(C)C)c2nc3c(F)cccc3s2)cccc1[N+](=O)[O-].Cl. The number of aromatic nitrogens is 1. The number of benzene rings is 2. The van der Waals surface area contributed by atoms with Crippen molar-refractivity contribution in [3.8, 4) is 0 Å². The number of nitrogens with zero attached hydrogens (tertiary/aromatic N) is 4. The van der Waals surface area contributed by atoms with Crippen LogP contribution in [0.2, 0.25) is 0 Å². The van der Waals surface area contributed by atoms with Gasteiger partial charge in [-0.05, 0) is 39.2 Å². The van der Waals surface area contributed by atoms with E-state index in [1.165, 1.54) is 34.4 Å². The summed E-state index contributed by atoms with van der Waals surface area (Å²) in [6, 6.07) is 9.07. The highest BCUT2D eigenvalue weighted by Gasteiger charge is 2.26. The number of thiazole rings is 1. The van der Waals surface area contributed by atoms with E-state index >= 15 is 0 Å². The van der Waals surface area contributed by atoms with Gasteiger partial charge in [-0.1, -0.05) is 23.5 Å². The average molecular weight is 439 g/mol. The minimum Gasteiger partial charge on any atom is -0.308 e. The fourth-order valence-electron chi connectivity index (χ4n) is 2.80. The number of hydrogen-bond acceptors (Lipinski definition) is 6. The molecule has 7 nitrogen and oxygen atoms in total. The zero-order chi connectivity index (χ0) is 20.4. The van der Waals surface area contributed by atoms with Crippen molar-refractivity contribution in [1.82, 2.24) is 9.88 Å². The highest BCUT2D eigenvalue weighted by molar-refractivity contribution is 7.22. The molecule has 1 heterocycles. The maximum absolute atomic E-state index is 14.1. The second kappa shape index (κ2) is 9.25. The molecule has 1 aromatic heterocycles. The Labute approximate surface area is 177 Å². The Morgan fingerprint density at radius 1 is 1.21 bits per heavy atom. The third-order valence-corrected chi connectivity index (χ3v) is 5.38. The van der Waals surface area contributed by atoms with Gasteiger partial charge >= 0.3 is 0 Å². The molecule has 0 spiro atoms. The second-order valence-corrected chi connectivity index (χ2v) is 7.56. The van der Waals surface area contributed by atoms with Gasteiger partial charge in [0.25, 0.3) is 11.6 Å². The van der Waals surface area contributed by atoms with Crippen LogP contribution in [0.15, 0.2) is 36.4 Å². The molecule has 3 aromatic rings. The quantitative estimate of drug-likeness (QED) is 0.424. The van der Waals surface area contributed by atoms with Crippen LogP contribution < -0.4 is 4.90 Å². The van der Waals surface area contributed by atoms with E-state index in [2.05, 4.69) is 4.98 Å². The lowest BCUT2D eigenvalue weighted by molar-refractivity contribution is -0.385. The van der Waals surface area contributed by atoms with Gasteiger partial charge in [-0.2, -0.15) is 0 Å². The van der Waals surface area contributed by atoms with E-state index in [4.69, 9.17) is 0 Å². The van der Waals surface area contributed by atoms with E-state index in [0.717, 1.165) is 0 Å². The molecule has 0 aliphatic heterocycles. The number of nitro groups is 1. The summed E-state index contributed by atoms with van der Waals surface area (Å²) >= 11 is 1.21. The van der Waals surface area contributed by atoms with Gasteiger partial charge in [0.15, 0.2) is 5.13 Å². The Bertz CT molecular complexity index is 1060. The first-order valence-corrected chi connectivity index (χ1v) is 9.37. The van der Waals surface area contributed by atoms with Crippen molar-refractivity contribution < 1.29 is 14.1 Å². The van der Waals surface area contributed by atoms with Crippen molar-refractivity contribution >= 4 is 50.7 Å². The van der Waals surface area contributed by atoms with Crippen LogP contribution in [0.1, 0.15) is 15.9 Å². The number of rotatable bonds is 6. The van der Waals surface area contributed by atoms with E-state index < -0.39 is 16.6 Å². The van der Waals surface area contributed by atoms with Gasteiger partial charge in [0.2, 0.25) is 0 Å². The number of halogens is 2. The Morgan fingerprint density at radius 2 is 1.90 bits per heavy atom. The molecule has 154 valence electrons. The molecule has 10 heteroatoms. The predicted octanol–water partition coefficient (Wildman–Crippen LogP) is 4.28. The normalized spacial score (nSPS) is 10.8. The van der Waals surface area contributed by atoms with Crippen LogP contribution in [0, 0.1) is 22.9 Å². The number of amides is 1. The molecule has 0 bridgehead atoms. The van der Waals surface area contributed by atoms with Crippen LogP contribution in [-0.4, -0.2) is 47.9 Å². The van der Waals surface area contributed by atoms with Crippen LogP contribution >= 0.6 is 23.7 Å². The average Bonchev–Trinajstić information content (AvgIpc) is 3.06. The number of fused-ring (bicyclic) bond motifs is 1. The minimum atomic E-state index is -0.511. The third-order valence-electron chi connectivity index (χ3n) is 4.34. The number of anilines is 1. The van der Waals surface area contributed by atoms with E-state index in [1.807, 2.05) is 19.0 Å². The molecule has 0 aliphatic rings. The zero-order valence-electron chi connectivity index (χ0n) is 16.1. The predicted molar refractivity (Wildman–Crippen MR) is 115 cm³/mol. The zero-order valence-corrected chi connectivity index (χ0v) is 17.7. The van der Waals surface area contributed by atoms with Gasteiger partial charge in [0.05, 0.1) is 9.62 Å². The highest BCUT2D eigenvalue weighted by Crippen LogP contribution is 2.32. The van der Waals surface area contributed by atoms with E-state index in [0.29, 0.717) is 28.5 Å². The van der Waals surface area contributed by atoms with Crippen LogP contribution in [-0.2, 0) is 0 Å². The van der Waals surface area contributed by atoms with Crippen LogP contribution in [0.5, 0.6) is 0 Å². The molecule has 0 radical (unpaired) electrons. The summed E-state index contributed by atoms with van der Waals surface area (Å²) < 4.78 is 14.7. The molecule has 1 amide bonds. The molecule has 0 saturated carbocycles. The summed E-state index contributed by atoms with van der Waals surface area (Å²) in [5.41, 5.74) is 0.613. The number of likely N-dealkylation sites (N-methyl/N-ethyl adjacent to an activating group) is 1. The molecular formula is C19H20ClFN4O3S. The number of nitro benzene ring substituents is 1. The Hall–Kier alpha value is -2.62. The first-order chi connectivity index (χ1) is 13.3. The molecule has 0 N–H and O–H groups in total. The standard InChI is InChI=1S/C19H19FN4O3S.ClH/c1-12-13(6-4-8-15(12)24(26)27)18(25)23(11-10-22(2)3)19-21-17-14(20)7-5-9-16(17)28-19;/h4-9H,10-11H2,1-3H3;1H. The smallest absolute Gasteiger partial charge is 0.273 e. The van der Waals surface area contributed by atoms with Gasteiger partial charge in [-0.15, -0.1) is 12.4 Å². The monoisotopic (exact) mass is 438 g/mol. The second-order valence-electron chi connectivity index (χ2n) is 6.55. The van der Waals surface area contributed by atoms with Crippen molar-refractivity contribution in [2.24, 2.45) is 0 Å². The molecular weight excluding hydrogens is 419 g/mol. The summed E-state index contributed by atoms with van der Waals surface area (Å²) in [6.45, 7) is 2.42. The lowest BCUT2D eigenvalue weighted by atomic mass is 10.1. The molecule has 0 atom stereocenters. The van der Waals surface area contributed by atoms with Crippen molar-refractivity contribution in [2.45, 2.75) is 6.92 Å². The molecule has 0 saturated heterocycles. The number of carbonyl (C=O) groups is 1. The first-order valence-electron chi connectivity index (χ1n) is 8.55. The Kier molecular flexibility index (Phi) is 7.23. The van der Waals surface area contributed by atoms with Gasteiger partial charge < -0.3 is 4.90 Å². The minimum absolute atomic E-state index is 0. The first kappa shape index (κ1) is 22.7. The fourth-order valence-corrected chi connectivity index (χ4v) is 3.81. The summed E-state index contributed by atoms with van der Waals surface area (Å²) in [4.78, 5) is 31.7. The summed E-state index contributed by atoms with van der Waals surface area (Å²) in [5.74, 6) is -0.853. The van der Waals surface area contributed by atoms with Crippen molar-refractivity contribution in [3.63, 3.8) is 0 Å². The lowest BCUT2D eigenvalue weighted by Crippen LogP contribution is -2.37. The Balaban J connectivity index is 0.00000300. The molecule has 3 rings (SSSR count). The van der Waals surface area contributed by atoms with Gasteiger partial charge in [-0.25, -0.2) is 9.37 Å². The van der Waals surface area contributed by atoms with Crippen LogP contribution in [0.4, 0.5) is 15.2 Å². The van der Waals surface area contributed by atoms with Gasteiger partial charge in [0, 0.05) is 30.3 Å². The van der Waals surface area contributed by atoms with Crippen molar-refractivity contribution in [1.29, 1.82) is 0 Å². The number of para-hydroxylation sites is 1. The number of hydrogen-bond donors (Lipinski definition) is 0. The van der Waals surface area contributed by atoms with E-state index in [9.17, 15) is 19.3 Å². The molecule has 0 aliphatic carbocycles. The van der Waals surface area contributed by atoms with E-state index in [1.54, 1.807) is 25.1 Å². The fraction of sp³-hybridized carbons (Fsp3) is 0.263. The largest absolute Gasteiger partial charge is 0.308 e. The topological polar surface area (TPSA) is 79.6 Å². The highest BCUT2D eigenvalue weighted by atomic mass is 35.5. The van der Waals surface area contributed by atoms with Gasteiger partial charge in [-0.3, -0.25) is 19.8 Å². The van der Waals surface area contributed by atoms with Crippen LogP contribution in [0.25, 0.3) is 10.2 Å². The Morgan fingerprint density at radius 3 is 2.52 bits per heavy atom. The molecule has 29 heavy (non-hydrogen) atoms. The molecule has 2 aromatic carbocycles. The van der Waals surface area contributed by atoms with Gasteiger partial charge in [0.1, 0.15) is 11.3 Å². The van der Waals surface area contributed by atoms with Crippen molar-refractivity contribution in [2.75, 3.05) is 32.1 Å². The molecule has 0 fully saturated rings. The maximum Gasteiger partial charge on any atom is 0.273 e.